The average molecular weight is 486 g/mol. The van der Waals surface area contributed by atoms with Crippen molar-refractivity contribution in [1.29, 1.82) is 0 Å². The molecule has 2 unspecified atom stereocenters. The molecule has 152 valence electrons. The highest BCUT2D eigenvalue weighted by Gasteiger charge is 2.58. The minimum atomic E-state index is -0.107. The number of benzene rings is 1. The van der Waals surface area contributed by atoms with E-state index in [0.717, 1.165) is 38.9 Å². The van der Waals surface area contributed by atoms with Crippen LogP contribution in [0.3, 0.4) is 0 Å². The molecule has 2 atom stereocenters. The van der Waals surface area contributed by atoms with Gasteiger partial charge in [-0.3, -0.25) is 4.90 Å². The Morgan fingerprint density at radius 2 is 1.85 bits per heavy atom. The van der Waals surface area contributed by atoms with Crippen LogP contribution in [0, 0.1) is 5.41 Å². The van der Waals surface area contributed by atoms with Gasteiger partial charge >= 0.3 is 0 Å². The van der Waals surface area contributed by atoms with Crippen LogP contribution >= 0.6 is 24.0 Å². The molecule has 0 aromatic heterocycles. The maximum atomic E-state index is 6.21. The topological polar surface area (TPSA) is 62.9 Å². The first-order valence-corrected chi connectivity index (χ1v) is 9.75. The van der Waals surface area contributed by atoms with E-state index in [2.05, 4.69) is 61.3 Å². The van der Waals surface area contributed by atoms with Crippen molar-refractivity contribution >= 4 is 29.9 Å². The van der Waals surface area contributed by atoms with Crippen LogP contribution in [0.1, 0.15) is 45.6 Å². The van der Waals surface area contributed by atoms with Crippen molar-refractivity contribution < 1.29 is 4.74 Å². The molecule has 0 amide bonds. The highest BCUT2D eigenvalue weighted by molar-refractivity contribution is 14.0. The number of nitrogens with two attached hydrogens (primary N) is 1. The predicted octanol–water partition coefficient (Wildman–Crippen LogP) is 3.38. The van der Waals surface area contributed by atoms with Crippen LogP contribution in [0.25, 0.3) is 0 Å². The second-order valence-corrected chi connectivity index (χ2v) is 8.57. The van der Waals surface area contributed by atoms with E-state index in [1.54, 1.807) is 7.11 Å². The summed E-state index contributed by atoms with van der Waals surface area (Å²) in [6.07, 6.45) is 3.13. The molecule has 1 saturated heterocycles. The second kappa shape index (κ2) is 9.09. The Labute approximate surface area is 181 Å². The number of piperidine rings is 1. The lowest BCUT2D eigenvalue weighted by Crippen LogP contribution is -2.63. The molecule has 1 aliphatic heterocycles. The lowest BCUT2D eigenvalue weighted by atomic mass is 9.56. The Kier molecular flexibility index (Phi) is 7.55. The molecule has 2 aliphatic rings. The lowest BCUT2D eigenvalue weighted by Gasteiger charge is -2.57. The summed E-state index contributed by atoms with van der Waals surface area (Å²) in [5.41, 5.74) is 7.49. The molecular formula is C21H35IN4O. The van der Waals surface area contributed by atoms with E-state index in [1.807, 2.05) is 0 Å². The number of rotatable bonds is 5. The van der Waals surface area contributed by atoms with Crippen molar-refractivity contribution in [3.8, 4) is 0 Å². The summed E-state index contributed by atoms with van der Waals surface area (Å²) in [6.45, 7) is 9.80. The van der Waals surface area contributed by atoms with Gasteiger partial charge in [-0.25, -0.2) is 4.99 Å². The summed E-state index contributed by atoms with van der Waals surface area (Å²) in [6, 6.07) is 11.3. The fourth-order valence-electron chi connectivity index (χ4n) is 4.15. The average Bonchev–Trinajstić information content (AvgIpc) is 2.63. The van der Waals surface area contributed by atoms with Crippen molar-refractivity contribution in [1.82, 2.24) is 10.2 Å². The highest BCUT2D eigenvalue weighted by Crippen LogP contribution is 2.53. The number of aliphatic imine (C=N–C) groups is 1. The number of hydrogen-bond acceptors (Lipinski definition) is 3. The number of nitrogens with one attached hydrogen (secondary N) is 1. The molecule has 0 spiro atoms. The Morgan fingerprint density at radius 3 is 2.41 bits per heavy atom. The zero-order valence-corrected chi connectivity index (χ0v) is 19.4. The standard InChI is InChI=1S/C21H34N4O.HI/c1-20(2)18(14-21(20,3)26-4)24-19(22)23-17-10-12-25(13-11-17)15-16-8-6-5-7-9-16;/h5-9,17-18H,10-15H2,1-4H3,(H3,22,23,24);1H. The molecule has 1 heterocycles. The van der Waals surface area contributed by atoms with Gasteiger partial charge in [-0.15, -0.1) is 24.0 Å². The van der Waals surface area contributed by atoms with Crippen LogP contribution < -0.4 is 11.1 Å². The molecular weight excluding hydrogens is 451 g/mol. The van der Waals surface area contributed by atoms with E-state index < -0.39 is 0 Å². The summed E-state index contributed by atoms with van der Waals surface area (Å²) in [5, 5.41) is 3.45. The monoisotopic (exact) mass is 486 g/mol. The largest absolute Gasteiger partial charge is 0.378 e. The molecule has 3 rings (SSSR count). The van der Waals surface area contributed by atoms with Gasteiger partial charge in [0.2, 0.25) is 0 Å². The first-order valence-electron chi connectivity index (χ1n) is 9.75. The van der Waals surface area contributed by atoms with Gasteiger partial charge in [0.25, 0.3) is 0 Å². The summed E-state index contributed by atoms with van der Waals surface area (Å²) < 4.78 is 5.68. The van der Waals surface area contributed by atoms with Gasteiger partial charge in [0.1, 0.15) is 0 Å². The van der Waals surface area contributed by atoms with Crippen LogP contribution in [0.2, 0.25) is 0 Å². The Bertz CT molecular complexity index is 628. The van der Waals surface area contributed by atoms with Gasteiger partial charge < -0.3 is 15.8 Å². The third kappa shape index (κ3) is 4.95. The zero-order chi connectivity index (χ0) is 18.8. The first-order chi connectivity index (χ1) is 12.3. The van der Waals surface area contributed by atoms with Crippen LogP contribution in [-0.2, 0) is 11.3 Å². The van der Waals surface area contributed by atoms with Gasteiger partial charge in [-0.1, -0.05) is 44.2 Å². The molecule has 1 aromatic rings. The SMILES string of the molecule is COC1(C)CC(N=C(N)NC2CCN(Cc3ccccc3)CC2)C1(C)C.I. The molecule has 1 aromatic carbocycles. The Morgan fingerprint density at radius 1 is 1.22 bits per heavy atom. The summed E-state index contributed by atoms with van der Waals surface area (Å²) in [4.78, 5) is 7.26. The van der Waals surface area contributed by atoms with Crippen molar-refractivity contribution in [3.63, 3.8) is 0 Å². The maximum absolute atomic E-state index is 6.21. The number of guanidine groups is 1. The number of halogens is 1. The molecule has 1 aliphatic carbocycles. The zero-order valence-electron chi connectivity index (χ0n) is 17.1. The van der Waals surface area contributed by atoms with E-state index in [-0.39, 0.29) is 41.0 Å². The van der Waals surface area contributed by atoms with E-state index in [0.29, 0.717) is 12.0 Å². The molecule has 0 radical (unpaired) electrons. The minimum absolute atomic E-state index is 0. The first kappa shape index (κ1) is 22.4. The van der Waals surface area contributed by atoms with Gasteiger partial charge in [-0.2, -0.15) is 0 Å². The lowest BCUT2D eigenvalue weighted by molar-refractivity contribution is -0.171. The molecule has 3 N–H and O–H groups in total. The third-order valence-corrected chi connectivity index (χ3v) is 6.71. The number of nitrogens with zero attached hydrogens (tertiary/aromatic N) is 2. The minimum Gasteiger partial charge on any atom is -0.378 e. The van der Waals surface area contributed by atoms with Crippen molar-refractivity contribution in [2.24, 2.45) is 16.1 Å². The number of ether oxygens (including phenoxy) is 1. The summed E-state index contributed by atoms with van der Waals surface area (Å²) >= 11 is 0. The van der Waals surface area contributed by atoms with Crippen molar-refractivity contribution in [2.75, 3.05) is 20.2 Å². The van der Waals surface area contributed by atoms with Gasteiger partial charge in [0, 0.05) is 38.2 Å². The maximum Gasteiger partial charge on any atom is 0.189 e. The third-order valence-electron chi connectivity index (χ3n) is 6.71. The molecule has 0 bridgehead atoms. The van der Waals surface area contributed by atoms with Crippen molar-refractivity contribution in [3.05, 3.63) is 35.9 Å². The van der Waals surface area contributed by atoms with E-state index in [4.69, 9.17) is 15.5 Å². The molecule has 1 saturated carbocycles. The number of hydrogen-bond donors (Lipinski definition) is 2. The van der Waals surface area contributed by atoms with Crippen LogP contribution in [0.4, 0.5) is 0 Å². The Hall–Kier alpha value is -0.860. The number of methoxy groups -OCH3 is 1. The fraction of sp³-hybridized carbons (Fsp3) is 0.667. The van der Waals surface area contributed by atoms with Gasteiger partial charge in [-0.05, 0) is 31.7 Å². The second-order valence-electron chi connectivity index (χ2n) is 8.57. The molecule has 5 nitrogen and oxygen atoms in total. The van der Waals surface area contributed by atoms with E-state index in [1.165, 1.54) is 5.56 Å². The molecule has 6 heteroatoms. The normalized spacial score (nSPS) is 28.9. The van der Waals surface area contributed by atoms with E-state index >= 15 is 0 Å². The Balaban J connectivity index is 0.00000261. The predicted molar refractivity (Wildman–Crippen MR) is 123 cm³/mol. The van der Waals surface area contributed by atoms with Gasteiger partial charge in [0.05, 0.1) is 11.6 Å². The summed E-state index contributed by atoms with van der Waals surface area (Å²) in [7, 11) is 1.78. The summed E-state index contributed by atoms with van der Waals surface area (Å²) in [5.74, 6) is 0.586. The van der Waals surface area contributed by atoms with Gasteiger partial charge in [0.15, 0.2) is 5.96 Å². The number of likely N-dealkylation sites (tertiary alicyclic amines) is 1. The smallest absolute Gasteiger partial charge is 0.189 e. The van der Waals surface area contributed by atoms with E-state index in [9.17, 15) is 0 Å². The fourth-order valence-corrected chi connectivity index (χ4v) is 4.15. The van der Waals surface area contributed by atoms with Crippen LogP contribution in [-0.4, -0.2) is 48.7 Å². The van der Waals surface area contributed by atoms with Crippen LogP contribution in [0.5, 0.6) is 0 Å². The highest BCUT2D eigenvalue weighted by atomic mass is 127. The van der Waals surface area contributed by atoms with Crippen LogP contribution in [0.15, 0.2) is 35.3 Å². The molecule has 2 fully saturated rings. The van der Waals surface area contributed by atoms with Crippen molar-refractivity contribution in [2.45, 2.75) is 64.3 Å². The quantitative estimate of drug-likeness (QED) is 0.381. The molecule has 27 heavy (non-hydrogen) atoms.